The molecule has 0 aromatic rings. The molecule has 2 fully saturated rings. The van der Waals surface area contributed by atoms with Crippen LogP contribution >= 0.6 is 0 Å². The second-order valence-corrected chi connectivity index (χ2v) is 6.33. The van der Waals surface area contributed by atoms with Gasteiger partial charge >= 0.3 is 5.97 Å². The van der Waals surface area contributed by atoms with Crippen molar-refractivity contribution >= 4 is 11.9 Å². The van der Waals surface area contributed by atoms with Crippen LogP contribution < -0.4 is 5.32 Å². The average Bonchev–Trinajstić information content (AvgIpc) is 3.01. The molecule has 0 saturated heterocycles. The minimum atomic E-state index is -0.232. The van der Waals surface area contributed by atoms with Gasteiger partial charge in [0.05, 0.1) is 17.9 Å². The summed E-state index contributed by atoms with van der Waals surface area (Å²) in [7, 11) is 0. The van der Waals surface area contributed by atoms with Gasteiger partial charge in [-0.05, 0) is 38.5 Å². The molecule has 1 unspecified atom stereocenters. The molecule has 4 heteroatoms. The maximum Gasteiger partial charge on any atom is 0.308 e. The van der Waals surface area contributed by atoms with Crippen LogP contribution in [0.5, 0.6) is 0 Å². The molecule has 0 radical (unpaired) electrons. The minimum absolute atomic E-state index is 0.0326. The topological polar surface area (TPSA) is 55.4 Å². The Morgan fingerprint density at radius 1 is 1.28 bits per heavy atom. The van der Waals surface area contributed by atoms with Crippen molar-refractivity contribution in [2.24, 2.45) is 17.3 Å². The summed E-state index contributed by atoms with van der Waals surface area (Å²) in [4.78, 5) is 23.7. The fraction of sp³-hybridized carbons (Fsp3) is 0.857. The van der Waals surface area contributed by atoms with Crippen molar-refractivity contribution in [1.82, 2.24) is 5.32 Å². The molecule has 0 aromatic carbocycles. The predicted molar refractivity (Wildman–Crippen MR) is 67.8 cm³/mol. The second-order valence-electron chi connectivity index (χ2n) is 6.33. The molecule has 18 heavy (non-hydrogen) atoms. The van der Waals surface area contributed by atoms with Crippen molar-refractivity contribution in [3.8, 4) is 0 Å². The zero-order valence-electron chi connectivity index (χ0n) is 11.7. The standard InChI is InChI=1S/C14H23NO3/c1-8(2)11(5-12(16)18-9(3)4)15-13(17)14-6-10(14)7-14/h8-11H,5-7H2,1-4H3,(H,15,17). The van der Waals surface area contributed by atoms with Crippen LogP contribution in [-0.2, 0) is 14.3 Å². The number of amides is 1. The van der Waals surface area contributed by atoms with E-state index in [0.29, 0.717) is 5.92 Å². The number of carbonyl (C=O) groups is 2. The van der Waals surface area contributed by atoms with E-state index in [4.69, 9.17) is 4.74 Å². The highest BCUT2D eigenvalue weighted by Crippen LogP contribution is 2.75. The summed E-state index contributed by atoms with van der Waals surface area (Å²) in [5.74, 6) is 0.780. The molecule has 2 rings (SSSR count). The highest BCUT2D eigenvalue weighted by molar-refractivity contribution is 5.90. The lowest BCUT2D eigenvalue weighted by Gasteiger charge is -2.23. The SMILES string of the molecule is CC(C)OC(=O)CC(NC(=O)C12CC1C2)C(C)C. The largest absolute Gasteiger partial charge is 0.463 e. The van der Waals surface area contributed by atoms with E-state index in [1.165, 1.54) is 0 Å². The molecular formula is C14H23NO3. The van der Waals surface area contributed by atoms with Gasteiger partial charge in [-0.15, -0.1) is 0 Å². The molecule has 0 spiro atoms. The van der Waals surface area contributed by atoms with Crippen LogP contribution in [0, 0.1) is 17.3 Å². The molecule has 1 N–H and O–H groups in total. The molecule has 0 bridgehead atoms. The summed E-state index contributed by atoms with van der Waals surface area (Å²) in [6.45, 7) is 7.70. The Kier molecular flexibility index (Phi) is 3.39. The molecule has 2 aliphatic carbocycles. The van der Waals surface area contributed by atoms with Gasteiger partial charge in [0.2, 0.25) is 5.91 Å². The monoisotopic (exact) mass is 253 g/mol. The van der Waals surface area contributed by atoms with Crippen LogP contribution in [0.3, 0.4) is 0 Å². The third-order valence-electron chi connectivity index (χ3n) is 4.01. The van der Waals surface area contributed by atoms with Gasteiger partial charge in [0.15, 0.2) is 0 Å². The van der Waals surface area contributed by atoms with Gasteiger partial charge in [0.1, 0.15) is 0 Å². The average molecular weight is 253 g/mol. The molecule has 0 aliphatic heterocycles. The van der Waals surface area contributed by atoms with Gasteiger partial charge in [-0.1, -0.05) is 13.8 Å². The summed E-state index contributed by atoms with van der Waals surface area (Å²) < 4.78 is 5.13. The number of fused-ring (bicyclic) bond motifs is 1. The molecule has 102 valence electrons. The van der Waals surface area contributed by atoms with E-state index in [1.807, 2.05) is 27.7 Å². The Morgan fingerprint density at radius 3 is 2.22 bits per heavy atom. The summed E-state index contributed by atoms with van der Waals surface area (Å²) in [6.07, 6.45) is 2.25. The summed E-state index contributed by atoms with van der Waals surface area (Å²) in [5, 5.41) is 3.02. The maximum absolute atomic E-state index is 12.0. The van der Waals surface area contributed by atoms with E-state index >= 15 is 0 Å². The first-order valence-corrected chi connectivity index (χ1v) is 6.85. The highest BCUT2D eigenvalue weighted by atomic mass is 16.5. The Hall–Kier alpha value is -1.06. The van der Waals surface area contributed by atoms with E-state index in [9.17, 15) is 9.59 Å². The number of rotatable bonds is 6. The van der Waals surface area contributed by atoms with Crippen LogP contribution in [0.15, 0.2) is 0 Å². The van der Waals surface area contributed by atoms with Crippen molar-refractivity contribution in [2.45, 2.75) is 59.1 Å². The highest BCUT2D eigenvalue weighted by Gasteiger charge is 2.74. The fourth-order valence-corrected chi connectivity index (χ4v) is 2.33. The number of esters is 1. The zero-order valence-corrected chi connectivity index (χ0v) is 11.7. The van der Waals surface area contributed by atoms with Gasteiger partial charge in [-0.25, -0.2) is 0 Å². The fourth-order valence-electron chi connectivity index (χ4n) is 2.33. The van der Waals surface area contributed by atoms with E-state index in [2.05, 4.69) is 5.32 Å². The molecule has 1 amide bonds. The summed E-state index contributed by atoms with van der Waals surface area (Å²) in [6, 6.07) is -0.111. The van der Waals surface area contributed by atoms with Crippen LogP contribution in [0.1, 0.15) is 47.0 Å². The first kappa shape index (κ1) is 13.4. The van der Waals surface area contributed by atoms with Gasteiger partial charge in [-0.3, -0.25) is 9.59 Å². The Morgan fingerprint density at radius 2 is 1.83 bits per heavy atom. The Bertz CT molecular complexity index is 356. The van der Waals surface area contributed by atoms with Crippen LogP contribution in [-0.4, -0.2) is 24.0 Å². The number of carbonyl (C=O) groups excluding carboxylic acids is 2. The van der Waals surface area contributed by atoms with Crippen molar-refractivity contribution < 1.29 is 14.3 Å². The molecule has 1 atom stereocenters. The Labute approximate surface area is 108 Å². The molecule has 2 aliphatic rings. The summed E-state index contributed by atoms with van der Waals surface area (Å²) in [5.41, 5.74) is -0.0326. The molecule has 0 heterocycles. The third kappa shape index (κ3) is 2.68. The predicted octanol–water partition coefficient (Wildman–Crippen LogP) is 1.88. The lowest BCUT2D eigenvalue weighted by Crippen LogP contribution is -2.42. The van der Waals surface area contributed by atoms with Gasteiger partial charge in [0.25, 0.3) is 0 Å². The van der Waals surface area contributed by atoms with E-state index in [0.717, 1.165) is 12.8 Å². The van der Waals surface area contributed by atoms with Gasteiger partial charge in [0, 0.05) is 6.04 Å². The van der Waals surface area contributed by atoms with Crippen molar-refractivity contribution in [2.75, 3.05) is 0 Å². The van der Waals surface area contributed by atoms with Gasteiger partial charge < -0.3 is 10.1 Å². The summed E-state index contributed by atoms with van der Waals surface area (Å²) >= 11 is 0. The first-order valence-electron chi connectivity index (χ1n) is 6.85. The third-order valence-corrected chi connectivity index (χ3v) is 4.01. The molecular weight excluding hydrogens is 230 g/mol. The first-order chi connectivity index (χ1) is 8.35. The molecule has 0 aromatic heterocycles. The number of ether oxygens (including phenoxy) is 1. The van der Waals surface area contributed by atoms with Crippen LogP contribution in [0.4, 0.5) is 0 Å². The lowest BCUT2D eigenvalue weighted by molar-refractivity contribution is -0.148. The number of hydrogen-bond donors (Lipinski definition) is 1. The van der Waals surface area contributed by atoms with Crippen molar-refractivity contribution in [3.05, 3.63) is 0 Å². The van der Waals surface area contributed by atoms with E-state index in [1.54, 1.807) is 0 Å². The maximum atomic E-state index is 12.0. The zero-order chi connectivity index (χ0) is 13.5. The number of hydrogen-bond acceptors (Lipinski definition) is 3. The van der Waals surface area contributed by atoms with E-state index in [-0.39, 0.29) is 41.8 Å². The smallest absolute Gasteiger partial charge is 0.308 e. The number of nitrogens with one attached hydrogen (secondary N) is 1. The minimum Gasteiger partial charge on any atom is -0.463 e. The van der Waals surface area contributed by atoms with Crippen molar-refractivity contribution in [1.29, 1.82) is 0 Å². The van der Waals surface area contributed by atoms with Crippen LogP contribution in [0.25, 0.3) is 0 Å². The lowest BCUT2D eigenvalue weighted by atomic mass is 10.00. The van der Waals surface area contributed by atoms with Crippen molar-refractivity contribution in [3.63, 3.8) is 0 Å². The quantitative estimate of drug-likeness (QED) is 0.735. The van der Waals surface area contributed by atoms with Gasteiger partial charge in [-0.2, -0.15) is 0 Å². The molecule has 2 saturated carbocycles. The Balaban J connectivity index is 1.83. The second kappa shape index (κ2) is 4.56. The molecule has 4 nitrogen and oxygen atoms in total. The normalized spacial score (nSPS) is 29.8. The van der Waals surface area contributed by atoms with E-state index < -0.39 is 0 Å². The van der Waals surface area contributed by atoms with Crippen LogP contribution in [0.2, 0.25) is 0 Å².